The normalized spacial score (nSPS) is 36.1. The maximum Gasteiger partial charge on any atom is 0.302 e. The van der Waals surface area contributed by atoms with E-state index in [1.165, 1.54) is 6.92 Å². The first-order chi connectivity index (χ1) is 5.61. The van der Waals surface area contributed by atoms with Gasteiger partial charge in [-0.15, -0.1) is 0 Å². The van der Waals surface area contributed by atoms with E-state index < -0.39 is 24.3 Å². The predicted molar refractivity (Wildman–Crippen MR) is 41.4 cm³/mol. The summed E-state index contributed by atoms with van der Waals surface area (Å²) < 4.78 is 4.82. The molecule has 3 atom stereocenters. The van der Waals surface area contributed by atoms with Gasteiger partial charge in [-0.3, -0.25) is 4.79 Å². The molecule has 0 saturated heterocycles. The van der Waals surface area contributed by atoms with Crippen molar-refractivity contribution in [2.45, 2.75) is 44.5 Å². The van der Waals surface area contributed by atoms with Crippen molar-refractivity contribution < 1.29 is 19.7 Å². The predicted octanol–water partition coefficient (Wildman–Crippen LogP) is -0.176. The van der Waals surface area contributed by atoms with Crippen LogP contribution >= 0.6 is 0 Å². The molecular weight excluding hydrogens is 160 g/mol. The number of ether oxygens (including phenoxy) is 1. The van der Waals surface area contributed by atoms with Crippen LogP contribution < -0.4 is 0 Å². The molecule has 4 heteroatoms. The van der Waals surface area contributed by atoms with Gasteiger partial charge < -0.3 is 14.9 Å². The number of rotatable bonds is 1. The molecule has 0 radical (unpaired) electrons. The average molecular weight is 174 g/mol. The first-order valence-electron chi connectivity index (χ1n) is 4.14. The van der Waals surface area contributed by atoms with E-state index >= 15 is 0 Å². The van der Waals surface area contributed by atoms with Crippen LogP contribution in [0.15, 0.2) is 0 Å². The Morgan fingerprint density at radius 3 is 2.67 bits per heavy atom. The zero-order valence-electron chi connectivity index (χ0n) is 7.06. The molecule has 1 fully saturated rings. The van der Waals surface area contributed by atoms with Gasteiger partial charge in [-0.25, -0.2) is 0 Å². The van der Waals surface area contributed by atoms with Gasteiger partial charge in [0, 0.05) is 6.92 Å². The topological polar surface area (TPSA) is 66.8 Å². The van der Waals surface area contributed by atoms with E-state index in [0.717, 1.165) is 6.42 Å². The van der Waals surface area contributed by atoms with Crippen LogP contribution in [0, 0.1) is 0 Å². The Balaban J connectivity index is 2.46. The minimum absolute atomic E-state index is 0.409. The highest BCUT2D eigenvalue weighted by molar-refractivity contribution is 5.66. The molecule has 1 aliphatic carbocycles. The van der Waals surface area contributed by atoms with Gasteiger partial charge >= 0.3 is 5.97 Å². The fourth-order valence-electron chi connectivity index (χ4n) is 1.46. The van der Waals surface area contributed by atoms with Crippen LogP contribution in [0.1, 0.15) is 26.2 Å². The molecule has 0 amide bonds. The third-order valence-electron chi connectivity index (χ3n) is 2.08. The molecule has 0 bridgehead atoms. The van der Waals surface area contributed by atoms with Crippen molar-refractivity contribution in [1.29, 1.82) is 0 Å². The number of hydrogen-bond donors (Lipinski definition) is 2. The molecule has 1 aliphatic rings. The van der Waals surface area contributed by atoms with E-state index in [2.05, 4.69) is 0 Å². The van der Waals surface area contributed by atoms with E-state index in [-0.39, 0.29) is 0 Å². The molecule has 0 aliphatic heterocycles. The molecule has 2 N–H and O–H groups in total. The van der Waals surface area contributed by atoms with Gasteiger partial charge in [-0.05, 0) is 19.3 Å². The lowest BCUT2D eigenvalue weighted by molar-refractivity contribution is -0.162. The van der Waals surface area contributed by atoms with Gasteiger partial charge in [0.25, 0.3) is 0 Å². The van der Waals surface area contributed by atoms with Crippen molar-refractivity contribution in [3.05, 3.63) is 0 Å². The Kier molecular flexibility index (Phi) is 3.05. The van der Waals surface area contributed by atoms with Crippen LogP contribution in [0.2, 0.25) is 0 Å². The molecule has 0 unspecified atom stereocenters. The van der Waals surface area contributed by atoms with Crippen molar-refractivity contribution >= 4 is 5.97 Å². The lowest BCUT2D eigenvalue weighted by atomic mass is 9.92. The van der Waals surface area contributed by atoms with Crippen molar-refractivity contribution in [1.82, 2.24) is 0 Å². The molecule has 4 nitrogen and oxygen atoms in total. The summed E-state index contributed by atoms with van der Waals surface area (Å²) in [6, 6.07) is 0. The second-order valence-electron chi connectivity index (χ2n) is 3.14. The van der Waals surface area contributed by atoms with E-state index in [1.807, 2.05) is 0 Å². The van der Waals surface area contributed by atoms with Crippen molar-refractivity contribution in [3.8, 4) is 0 Å². The van der Waals surface area contributed by atoms with Crippen molar-refractivity contribution in [3.63, 3.8) is 0 Å². The number of esters is 1. The van der Waals surface area contributed by atoms with E-state index in [1.54, 1.807) is 0 Å². The number of carbonyl (C=O) groups is 1. The Morgan fingerprint density at radius 2 is 2.08 bits per heavy atom. The summed E-state index contributed by atoms with van der Waals surface area (Å²) in [6.07, 6.45) is -0.176. The molecule has 0 spiro atoms. The van der Waals surface area contributed by atoms with Crippen LogP contribution in [-0.2, 0) is 9.53 Å². The van der Waals surface area contributed by atoms with E-state index in [9.17, 15) is 15.0 Å². The molecule has 0 aromatic rings. The van der Waals surface area contributed by atoms with Gasteiger partial charge in [-0.1, -0.05) is 0 Å². The van der Waals surface area contributed by atoms with Crippen molar-refractivity contribution in [2.75, 3.05) is 0 Å². The van der Waals surface area contributed by atoms with Gasteiger partial charge in [0.15, 0.2) is 0 Å². The van der Waals surface area contributed by atoms with Crippen LogP contribution in [0.3, 0.4) is 0 Å². The third kappa shape index (κ3) is 2.19. The number of hydrogen-bond acceptors (Lipinski definition) is 4. The summed E-state index contributed by atoms with van der Waals surface area (Å²) in [5.41, 5.74) is 0. The van der Waals surface area contributed by atoms with E-state index in [4.69, 9.17) is 4.74 Å². The number of aliphatic hydroxyl groups excluding tert-OH is 2. The fraction of sp³-hybridized carbons (Fsp3) is 0.875. The minimum atomic E-state index is -0.914. The van der Waals surface area contributed by atoms with E-state index in [0.29, 0.717) is 12.8 Å². The Labute approximate surface area is 71.2 Å². The standard InChI is InChI=1S/C8H14O4/c1-5(9)12-7-4-2-3-6(10)8(7)11/h6-8,10-11H,2-4H2,1H3/t6-,7+,8+/m0/s1. The quantitative estimate of drug-likeness (QED) is 0.541. The summed E-state index contributed by atoms with van der Waals surface area (Å²) in [5.74, 6) is -0.409. The molecule has 1 saturated carbocycles. The smallest absolute Gasteiger partial charge is 0.302 e. The second-order valence-corrected chi connectivity index (χ2v) is 3.14. The molecule has 0 aromatic heterocycles. The Hall–Kier alpha value is -0.610. The third-order valence-corrected chi connectivity index (χ3v) is 2.08. The first-order valence-corrected chi connectivity index (χ1v) is 4.14. The summed E-state index contributed by atoms with van der Waals surface area (Å²) in [5, 5.41) is 18.6. The summed E-state index contributed by atoms with van der Waals surface area (Å²) in [7, 11) is 0. The Morgan fingerprint density at radius 1 is 1.42 bits per heavy atom. The monoisotopic (exact) mass is 174 g/mol. The summed E-state index contributed by atoms with van der Waals surface area (Å²) >= 11 is 0. The highest BCUT2D eigenvalue weighted by atomic mass is 16.6. The fourth-order valence-corrected chi connectivity index (χ4v) is 1.46. The zero-order chi connectivity index (χ0) is 9.14. The first kappa shape index (κ1) is 9.48. The maximum absolute atomic E-state index is 10.5. The number of aliphatic hydroxyl groups is 2. The maximum atomic E-state index is 10.5. The van der Waals surface area contributed by atoms with Crippen LogP contribution in [0.4, 0.5) is 0 Å². The molecule has 0 heterocycles. The van der Waals surface area contributed by atoms with Gasteiger partial charge in [0.2, 0.25) is 0 Å². The Bertz CT molecular complexity index is 168. The molecule has 0 aromatic carbocycles. The van der Waals surface area contributed by atoms with Crippen LogP contribution in [0.25, 0.3) is 0 Å². The zero-order valence-corrected chi connectivity index (χ0v) is 7.06. The van der Waals surface area contributed by atoms with Gasteiger partial charge in [0.1, 0.15) is 12.2 Å². The molecular formula is C8H14O4. The summed E-state index contributed by atoms with van der Waals surface area (Å²) in [4.78, 5) is 10.5. The van der Waals surface area contributed by atoms with Crippen molar-refractivity contribution in [2.24, 2.45) is 0 Å². The lowest BCUT2D eigenvalue weighted by Crippen LogP contribution is -2.43. The molecule has 12 heavy (non-hydrogen) atoms. The molecule has 1 rings (SSSR count). The van der Waals surface area contributed by atoms with Crippen LogP contribution in [0.5, 0.6) is 0 Å². The SMILES string of the molecule is CC(=O)O[C@@H]1CCC[C@H](O)[C@H]1O. The van der Waals surface area contributed by atoms with Crippen LogP contribution in [-0.4, -0.2) is 34.5 Å². The minimum Gasteiger partial charge on any atom is -0.460 e. The highest BCUT2D eigenvalue weighted by Crippen LogP contribution is 2.21. The number of carbonyl (C=O) groups excluding carboxylic acids is 1. The van der Waals surface area contributed by atoms with Gasteiger partial charge in [0.05, 0.1) is 6.10 Å². The summed E-state index contributed by atoms with van der Waals surface area (Å²) in [6.45, 7) is 1.30. The average Bonchev–Trinajstić information content (AvgIpc) is 1.98. The highest BCUT2D eigenvalue weighted by Gasteiger charge is 2.32. The largest absolute Gasteiger partial charge is 0.460 e. The second kappa shape index (κ2) is 3.87. The molecule has 70 valence electrons. The lowest BCUT2D eigenvalue weighted by Gasteiger charge is -2.30. The van der Waals surface area contributed by atoms with Gasteiger partial charge in [-0.2, -0.15) is 0 Å².